The minimum Gasteiger partial charge on any atom is -0.491 e. The molecule has 6 heteroatoms. The second kappa shape index (κ2) is 6.86. The Balaban J connectivity index is 1.90. The lowest BCUT2D eigenvalue weighted by atomic mass is 10.3. The largest absolute Gasteiger partial charge is 0.491 e. The van der Waals surface area contributed by atoms with Crippen molar-refractivity contribution in [3.63, 3.8) is 0 Å². The molecule has 2 rings (SSSR count). The van der Waals surface area contributed by atoms with Gasteiger partial charge in [-0.1, -0.05) is 0 Å². The fourth-order valence-electron chi connectivity index (χ4n) is 1.40. The number of nitrogens with zero attached hydrogens (tertiary/aromatic N) is 1. The number of methoxy groups -OCH3 is 1. The zero-order chi connectivity index (χ0) is 13.5. The maximum Gasteiger partial charge on any atom is 0.275 e. The summed E-state index contributed by atoms with van der Waals surface area (Å²) in [5.74, 6) is 0.526. The van der Waals surface area contributed by atoms with Crippen molar-refractivity contribution in [2.45, 2.75) is 0 Å². The molecular weight excluding hydrogens is 264 g/mol. The lowest BCUT2D eigenvalue weighted by molar-refractivity contribution is 0.102. The Morgan fingerprint density at radius 3 is 2.74 bits per heavy atom. The SMILES string of the molecule is COCCOc1ccc(NC(=O)c2cscn2)cc1. The van der Waals surface area contributed by atoms with E-state index in [1.54, 1.807) is 42.3 Å². The fourth-order valence-corrected chi connectivity index (χ4v) is 1.93. The van der Waals surface area contributed by atoms with Crippen molar-refractivity contribution in [1.29, 1.82) is 0 Å². The number of aromatic nitrogens is 1. The summed E-state index contributed by atoms with van der Waals surface area (Å²) in [5.41, 5.74) is 2.75. The molecule has 1 aromatic carbocycles. The lowest BCUT2D eigenvalue weighted by Gasteiger charge is -2.07. The molecule has 0 aliphatic carbocycles. The number of ether oxygens (including phenoxy) is 2. The number of hydrogen-bond donors (Lipinski definition) is 1. The Morgan fingerprint density at radius 1 is 1.32 bits per heavy atom. The van der Waals surface area contributed by atoms with Gasteiger partial charge in [0.25, 0.3) is 5.91 Å². The molecule has 1 N–H and O–H groups in total. The van der Waals surface area contributed by atoms with E-state index >= 15 is 0 Å². The minimum atomic E-state index is -0.214. The zero-order valence-corrected chi connectivity index (χ0v) is 11.3. The molecule has 0 fully saturated rings. The van der Waals surface area contributed by atoms with Gasteiger partial charge in [-0.05, 0) is 24.3 Å². The maximum absolute atomic E-state index is 11.8. The Bertz CT molecular complexity index is 511. The van der Waals surface area contributed by atoms with Crippen molar-refractivity contribution in [3.05, 3.63) is 40.8 Å². The summed E-state index contributed by atoms with van der Waals surface area (Å²) in [6.45, 7) is 1.04. The first-order chi connectivity index (χ1) is 9.29. The summed E-state index contributed by atoms with van der Waals surface area (Å²) in [7, 11) is 1.63. The highest BCUT2D eigenvalue weighted by Gasteiger charge is 2.07. The Kier molecular flexibility index (Phi) is 4.88. The van der Waals surface area contributed by atoms with E-state index in [2.05, 4.69) is 10.3 Å². The standard InChI is InChI=1S/C13H14N2O3S/c1-17-6-7-18-11-4-2-10(3-5-11)15-13(16)12-8-19-9-14-12/h2-5,8-9H,6-7H2,1H3,(H,15,16). The van der Waals surface area contributed by atoms with E-state index in [1.165, 1.54) is 11.3 Å². The molecule has 0 radical (unpaired) electrons. The molecule has 1 aromatic heterocycles. The second-order valence-electron chi connectivity index (χ2n) is 3.69. The van der Waals surface area contributed by atoms with Gasteiger partial charge in [-0.25, -0.2) is 4.98 Å². The highest BCUT2D eigenvalue weighted by atomic mass is 32.1. The first-order valence-electron chi connectivity index (χ1n) is 5.71. The highest BCUT2D eigenvalue weighted by molar-refractivity contribution is 7.07. The van der Waals surface area contributed by atoms with Crippen molar-refractivity contribution in [2.24, 2.45) is 0 Å². The van der Waals surface area contributed by atoms with Crippen LogP contribution in [0.25, 0.3) is 0 Å². The van der Waals surface area contributed by atoms with Crippen LogP contribution < -0.4 is 10.1 Å². The molecule has 19 heavy (non-hydrogen) atoms. The van der Waals surface area contributed by atoms with E-state index in [4.69, 9.17) is 9.47 Å². The van der Waals surface area contributed by atoms with Crippen LogP contribution in [0, 0.1) is 0 Å². The van der Waals surface area contributed by atoms with Crippen LogP contribution >= 0.6 is 11.3 Å². The second-order valence-corrected chi connectivity index (χ2v) is 4.41. The fraction of sp³-hybridized carbons (Fsp3) is 0.231. The number of hydrogen-bond acceptors (Lipinski definition) is 5. The van der Waals surface area contributed by atoms with Gasteiger partial charge in [-0.15, -0.1) is 11.3 Å². The number of benzene rings is 1. The summed E-state index contributed by atoms with van der Waals surface area (Å²) in [5, 5.41) is 4.47. The summed E-state index contributed by atoms with van der Waals surface area (Å²) >= 11 is 1.39. The van der Waals surface area contributed by atoms with Gasteiger partial charge in [-0.3, -0.25) is 4.79 Å². The lowest BCUT2D eigenvalue weighted by Crippen LogP contribution is -2.12. The van der Waals surface area contributed by atoms with Crippen molar-refractivity contribution in [3.8, 4) is 5.75 Å². The molecule has 100 valence electrons. The third-order valence-electron chi connectivity index (χ3n) is 2.33. The molecule has 1 heterocycles. The van der Waals surface area contributed by atoms with Crippen LogP contribution in [0.15, 0.2) is 35.2 Å². The molecule has 2 aromatic rings. The molecule has 0 saturated carbocycles. The van der Waals surface area contributed by atoms with Gasteiger partial charge in [0.05, 0.1) is 12.1 Å². The molecule has 1 amide bonds. The first-order valence-corrected chi connectivity index (χ1v) is 6.65. The van der Waals surface area contributed by atoms with E-state index in [9.17, 15) is 4.79 Å². The molecule has 0 aliphatic heterocycles. The first kappa shape index (κ1) is 13.5. The minimum absolute atomic E-state index is 0.214. The third-order valence-corrected chi connectivity index (χ3v) is 2.92. The van der Waals surface area contributed by atoms with Crippen molar-refractivity contribution in [1.82, 2.24) is 4.98 Å². The van der Waals surface area contributed by atoms with Crippen LogP contribution in [0.4, 0.5) is 5.69 Å². The predicted molar refractivity (Wildman–Crippen MR) is 73.9 cm³/mol. The highest BCUT2D eigenvalue weighted by Crippen LogP contribution is 2.16. The van der Waals surface area contributed by atoms with Crippen LogP contribution in [-0.4, -0.2) is 31.2 Å². The van der Waals surface area contributed by atoms with E-state index in [1.807, 2.05) is 0 Å². The third kappa shape index (κ3) is 4.04. The molecular formula is C13H14N2O3S. The molecule has 0 aliphatic rings. The summed E-state index contributed by atoms with van der Waals surface area (Å²) in [6.07, 6.45) is 0. The van der Waals surface area contributed by atoms with Gasteiger partial charge >= 0.3 is 0 Å². The van der Waals surface area contributed by atoms with Crippen LogP contribution in [-0.2, 0) is 4.74 Å². The summed E-state index contributed by atoms with van der Waals surface area (Å²) in [4.78, 5) is 15.7. The van der Waals surface area contributed by atoms with Crippen molar-refractivity contribution in [2.75, 3.05) is 25.6 Å². The van der Waals surface area contributed by atoms with E-state index < -0.39 is 0 Å². The molecule has 0 saturated heterocycles. The van der Waals surface area contributed by atoms with Crippen LogP contribution in [0.5, 0.6) is 5.75 Å². The maximum atomic E-state index is 11.8. The number of anilines is 1. The van der Waals surface area contributed by atoms with E-state index in [0.717, 1.165) is 5.75 Å². The molecule has 0 spiro atoms. The van der Waals surface area contributed by atoms with Crippen LogP contribution in [0.1, 0.15) is 10.5 Å². The van der Waals surface area contributed by atoms with Gasteiger partial charge in [-0.2, -0.15) is 0 Å². The van der Waals surface area contributed by atoms with Crippen LogP contribution in [0.3, 0.4) is 0 Å². The van der Waals surface area contributed by atoms with Gasteiger partial charge in [0, 0.05) is 18.2 Å². The number of carbonyl (C=O) groups excluding carboxylic acids is 1. The topological polar surface area (TPSA) is 60.5 Å². The average molecular weight is 278 g/mol. The molecule has 0 unspecified atom stereocenters. The van der Waals surface area contributed by atoms with Gasteiger partial charge in [0.2, 0.25) is 0 Å². The number of nitrogens with one attached hydrogen (secondary N) is 1. The smallest absolute Gasteiger partial charge is 0.275 e. The quantitative estimate of drug-likeness (QED) is 0.824. The number of carbonyl (C=O) groups is 1. The Morgan fingerprint density at radius 2 is 2.11 bits per heavy atom. The van der Waals surface area contributed by atoms with Crippen molar-refractivity contribution < 1.29 is 14.3 Å². The van der Waals surface area contributed by atoms with E-state index in [0.29, 0.717) is 24.6 Å². The van der Waals surface area contributed by atoms with Gasteiger partial charge < -0.3 is 14.8 Å². The molecule has 0 bridgehead atoms. The van der Waals surface area contributed by atoms with E-state index in [-0.39, 0.29) is 5.91 Å². The number of rotatable bonds is 6. The average Bonchev–Trinajstić information content (AvgIpc) is 2.95. The number of thiazole rings is 1. The summed E-state index contributed by atoms with van der Waals surface area (Å²) in [6, 6.07) is 7.16. The Labute approximate surface area is 115 Å². The summed E-state index contributed by atoms with van der Waals surface area (Å²) < 4.78 is 10.3. The number of amides is 1. The zero-order valence-electron chi connectivity index (χ0n) is 10.5. The van der Waals surface area contributed by atoms with Crippen LogP contribution in [0.2, 0.25) is 0 Å². The normalized spacial score (nSPS) is 10.2. The monoisotopic (exact) mass is 278 g/mol. The van der Waals surface area contributed by atoms with Gasteiger partial charge in [0.1, 0.15) is 18.1 Å². The Hall–Kier alpha value is -1.92. The predicted octanol–water partition coefficient (Wildman–Crippen LogP) is 2.42. The molecule has 0 atom stereocenters. The van der Waals surface area contributed by atoms with Crippen molar-refractivity contribution >= 4 is 22.9 Å². The molecule has 5 nitrogen and oxygen atoms in total. The van der Waals surface area contributed by atoms with Gasteiger partial charge in [0.15, 0.2) is 0 Å².